The second kappa shape index (κ2) is 8.52. The molecule has 3 aromatic rings. The number of piperazine rings is 1. The van der Waals surface area contributed by atoms with Gasteiger partial charge in [0.1, 0.15) is 0 Å². The lowest BCUT2D eigenvalue weighted by Gasteiger charge is -2.34. The van der Waals surface area contributed by atoms with Crippen molar-refractivity contribution in [3.63, 3.8) is 0 Å². The fourth-order valence-electron chi connectivity index (χ4n) is 3.66. The molecule has 32 heavy (non-hydrogen) atoms. The molecule has 1 aliphatic heterocycles. The van der Waals surface area contributed by atoms with Crippen molar-refractivity contribution in [1.29, 1.82) is 0 Å². The number of para-hydroxylation sites is 1. The van der Waals surface area contributed by atoms with E-state index in [1.807, 2.05) is 37.3 Å². The SMILES string of the molecule is Cc1c(C(=O)N2CCN(S(=O)(=O)c3cccc([N+](=O)[O-])c3)CC2)cnn1-c1ccccc1. The molecule has 0 bridgehead atoms. The Balaban J connectivity index is 1.47. The predicted molar refractivity (Wildman–Crippen MR) is 116 cm³/mol. The van der Waals surface area contributed by atoms with E-state index in [0.717, 1.165) is 11.8 Å². The van der Waals surface area contributed by atoms with Gasteiger partial charge in [-0.15, -0.1) is 0 Å². The van der Waals surface area contributed by atoms with Crippen LogP contribution in [0.25, 0.3) is 5.69 Å². The number of carbonyl (C=O) groups excluding carboxylic acids is 1. The molecule has 1 aromatic heterocycles. The molecule has 166 valence electrons. The summed E-state index contributed by atoms with van der Waals surface area (Å²) in [6.45, 7) is 2.44. The van der Waals surface area contributed by atoms with Gasteiger partial charge in [-0.1, -0.05) is 24.3 Å². The molecule has 1 saturated heterocycles. The van der Waals surface area contributed by atoms with Gasteiger partial charge >= 0.3 is 0 Å². The highest BCUT2D eigenvalue weighted by atomic mass is 32.2. The summed E-state index contributed by atoms with van der Waals surface area (Å²) in [4.78, 5) is 24.8. The summed E-state index contributed by atoms with van der Waals surface area (Å²) in [5, 5.41) is 15.3. The Kier molecular flexibility index (Phi) is 5.76. The van der Waals surface area contributed by atoms with Gasteiger partial charge in [0, 0.05) is 38.3 Å². The first kappa shape index (κ1) is 21.7. The lowest BCUT2D eigenvalue weighted by molar-refractivity contribution is -0.385. The molecule has 10 nitrogen and oxygen atoms in total. The Labute approximate surface area is 184 Å². The molecule has 2 heterocycles. The highest BCUT2D eigenvalue weighted by Crippen LogP contribution is 2.23. The number of carbonyl (C=O) groups is 1. The summed E-state index contributed by atoms with van der Waals surface area (Å²) < 4.78 is 28.8. The first-order valence-corrected chi connectivity index (χ1v) is 11.4. The topological polar surface area (TPSA) is 119 Å². The van der Waals surface area contributed by atoms with Crippen LogP contribution in [0.4, 0.5) is 5.69 Å². The zero-order chi connectivity index (χ0) is 22.9. The summed E-state index contributed by atoms with van der Waals surface area (Å²) in [7, 11) is -3.90. The highest BCUT2D eigenvalue weighted by Gasteiger charge is 2.32. The van der Waals surface area contributed by atoms with Gasteiger partial charge in [-0.2, -0.15) is 9.40 Å². The van der Waals surface area contributed by atoms with E-state index in [1.54, 1.807) is 9.58 Å². The number of non-ortho nitro benzene ring substituents is 1. The lowest BCUT2D eigenvalue weighted by Crippen LogP contribution is -2.50. The minimum atomic E-state index is -3.90. The van der Waals surface area contributed by atoms with Crippen molar-refractivity contribution in [3.8, 4) is 5.69 Å². The first-order chi connectivity index (χ1) is 15.3. The quantitative estimate of drug-likeness (QED) is 0.430. The molecule has 2 aromatic carbocycles. The molecule has 0 saturated carbocycles. The number of aromatic nitrogens is 2. The van der Waals surface area contributed by atoms with E-state index in [9.17, 15) is 23.3 Å². The van der Waals surface area contributed by atoms with Gasteiger partial charge in [0.2, 0.25) is 10.0 Å². The predicted octanol–water partition coefficient (Wildman–Crippen LogP) is 2.24. The van der Waals surface area contributed by atoms with Gasteiger partial charge in [0.05, 0.1) is 33.0 Å². The van der Waals surface area contributed by atoms with Crippen LogP contribution in [0, 0.1) is 17.0 Å². The third-order valence-corrected chi connectivity index (χ3v) is 7.33. The number of rotatable bonds is 5. The summed E-state index contributed by atoms with van der Waals surface area (Å²) in [6.07, 6.45) is 1.52. The van der Waals surface area contributed by atoms with Gasteiger partial charge in [-0.05, 0) is 25.1 Å². The lowest BCUT2D eigenvalue weighted by atomic mass is 10.2. The Morgan fingerprint density at radius 2 is 1.72 bits per heavy atom. The van der Waals surface area contributed by atoms with Crippen LogP contribution in [0.2, 0.25) is 0 Å². The summed E-state index contributed by atoms with van der Waals surface area (Å²) in [5.41, 5.74) is 1.72. The standard InChI is InChI=1S/C21H21N5O5S/c1-16-20(15-22-25(16)17-6-3-2-4-7-17)21(27)23-10-12-24(13-11-23)32(30,31)19-9-5-8-18(14-19)26(28)29/h2-9,14-15H,10-13H2,1H3. The van der Waals surface area contributed by atoms with Crippen molar-refractivity contribution < 1.29 is 18.1 Å². The van der Waals surface area contributed by atoms with Crippen LogP contribution >= 0.6 is 0 Å². The average molecular weight is 455 g/mol. The van der Waals surface area contributed by atoms with Crippen LogP contribution in [0.15, 0.2) is 65.7 Å². The molecular formula is C21H21N5O5S. The minimum Gasteiger partial charge on any atom is -0.336 e. The number of nitro groups is 1. The molecule has 11 heteroatoms. The molecular weight excluding hydrogens is 434 g/mol. The number of benzene rings is 2. The van der Waals surface area contributed by atoms with Crippen molar-refractivity contribution in [3.05, 3.63) is 82.2 Å². The number of hydrogen-bond donors (Lipinski definition) is 0. The van der Waals surface area contributed by atoms with Crippen LogP contribution < -0.4 is 0 Å². The van der Waals surface area contributed by atoms with Crippen LogP contribution in [-0.2, 0) is 10.0 Å². The smallest absolute Gasteiger partial charge is 0.270 e. The second-order valence-electron chi connectivity index (χ2n) is 7.34. The van der Waals surface area contributed by atoms with Crippen molar-refractivity contribution >= 4 is 21.6 Å². The monoisotopic (exact) mass is 455 g/mol. The van der Waals surface area contributed by atoms with E-state index >= 15 is 0 Å². The fraction of sp³-hybridized carbons (Fsp3) is 0.238. The third-order valence-electron chi connectivity index (χ3n) is 5.43. The number of nitrogens with zero attached hydrogens (tertiary/aromatic N) is 5. The minimum absolute atomic E-state index is 0.0998. The first-order valence-electron chi connectivity index (χ1n) is 9.93. The molecule has 0 unspecified atom stereocenters. The summed E-state index contributed by atoms with van der Waals surface area (Å²) >= 11 is 0. The van der Waals surface area contributed by atoms with E-state index < -0.39 is 14.9 Å². The van der Waals surface area contributed by atoms with E-state index in [0.29, 0.717) is 11.3 Å². The average Bonchev–Trinajstić information content (AvgIpc) is 3.20. The van der Waals surface area contributed by atoms with Crippen molar-refractivity contribution in [2.24, 2.45) is 0 Å². The Morgan fingerprint density at radius 1 is 1.03 bits per heavy atom. The van der Waals surface area contributed by atoms with Gasteiger partial charge in [-0.3, -0.25) is 14.9 Å². The maximum absolute atomic E-state index is 13.0. The van der Waals surface area contributed by atoms with E-state index in [4.69, 9.17) is 0 Å². The molecule has 0 atom stereocenters. The van der Waals surface area contributed by atoms with E-state index in [2.05, 4.69) is 5.10 Å². The zero-order valence-corrected chi connectivity index (χ0v) is 18.1. The molecule has 1 amide bonds. The Morgan fingerprint density at radius 3 is 2.38 bits per heavy atom. The van der Waals surface area contributed by atoms with Crippen molar-refractivity contribution in [1.82, 2.24) is 19.0 Å². The van der Waals surface area contributed by atoms with Gasteiger partial charge < -0.3 is 4.90 Å². The van der Waals surface area contributed by atoms with Gasteiger partial charge in [-0.25, -0.2) is 13.1 Å². The molecule has 0 N–H and O–H groups in total. The van der Waals surface area contributed by atoms with Crippen LogP contribution in [0.1, 0.15) is 16.1 Å². The zero-order valence-electron chi connectivity index (χ0n) is 17.3. The van der Waals surface area contributed by atoms with Crippen LogP contribution in [0.3, 0.4) is 0 Å². The molecule has 0 aliphatic carbocycles. The second-order valence-corrected chi connectivity index (χ2v) is 9.28. The third kappa shape index (κ3) is 3.99. The maximum Gasteiger partial charge on any atom is 0.270 e. The van der Waals surface area contributed by atoms with Crippen LogP contribution in [0.5, 0.6) is 0 Å². The largest absolute Gasteiger partial charge is 0.336 e. The van der Waals surface area contributed by atoms with Crippen LogP contribution in [-0.4, -0.2) is 64.4 Å². The van der Waals surface area contributed by atoms with E-state index in [1.165, 1.54) is 28.7 Å². The number of nitro benzene ring substituents is 1. The fourth-order valence-corrected chi connectivity index (χ4v) is 5.12. The van der Waals surface area contributed by atoms with Gasteiger partial charge in [0.15, 0.2) is 0 Å². The van der Waals surface area contributed by atoms with Crippen molar-refractivity contribution in [2.75, 3.05) is 26.2 Å². The molecule has 4 rings (SSSR count). The summed E-state index contributed by atoms with van der Waals surface area (Å²) in [5.74, 6) is -0.211. The number of amides is 1. The molecule has 0 radical (unpaired) electrons. The molecule has 1 fully saturated rings. The number of hydrogen-bond acceptors (Lipinski definition) is 6. The number of sulfonamides is 1. The molecule has 0 spiro atoms. The van der Waals surface area contributed by atoms with E-state index in [-0.39, 0.29) is 42.7 Å². The summed E-state index contributed by atoms with van der Waals surface area (Å²) in [6, 6.07) is 14.4. The van der Waals surface area contributed by atoms with Crippen molar-refractivity contribution in [2.45, 2.75) is 11.8 Å². The molecule has 1 aliphatic rings. The maximum atomic E-state index is 13.0. The van der Waals surface area contributed by atoms with Gasteiger partial charge in [0.25, 0.3) is 11.6 Å². The normalized spacial score (nSPS) is 15.0. The highest BCUT2D eigenvalue weighted by molar-refractivity contribution is 7.89. The Bertz CT molecular complexity index is 1260. The Hall–Kier alpha value is -3.57.